The summed E-state index contributed by atoms with van der Waals surface area (Å²) in [5, 5.41) is -0.0791. The molecule has 0 aromatic heterocycles. The van der Waals surface area contributed by atoms with E-state index in [2.05, 4.69) is 0 Å². The summed E-state index contributed by atoms with van der Waals surface area (Å²) in [5.41, 5.74) is 0. The third kappa shape index (κ3) is 3.07. The molecular weight excluding hydrogens is 295 g/mol. The third-order valence-electron chi connectivity index (χ3n) is 2.42. The zero-order chi connectivity index (χ0) is 13.2. The van der Waals surface area contributed by atoms with E-state index in [-0.39, 0.29) is 10.8 Å². The van der Waals surface area contributed by atoms with Crippen molar-refractivity contribution in [1.82, 2.24) is 0 Å². The van der Waals surface area contributed by atoms with E-state index >= 15 is 0 Å². The first-order valence-corrected chi connectivity index (χ1v) is 7.43. The lowest BCUT2D eigenvalue weighted by atomic mass is 10.2. The van der Waals surface area contributed by atoms with E-state index in [1.54, 1.807) is 30.4 Å². The lowest BCUT2D eigenvalue weighted by Gasteiger charge is -2.17. The number of allylic oxidation sites excluding steroid dienone is 3. The van der Waals surface area contributed by atoms with Gasteiger partial charge in [-0.05, 0) is 36.8 Å². The van der Waals surface area contributed by atoms with Gasteiger partial charge in [0, 0.05) is 10.1 Å². The SMILES string of the molecule is O=S(=O)(Oc1ccc(Cl)cc1)C1CC=CC=C1Cl. The van der Waals surface area contributed by atoms with Crippen molar-refractivity contribution in [2.24, 2.45) is 0 Å². The topological polar surface area (TPSA) is 43.4 Å². The van der Waals surface area contributed by atoms with Gasteiger partial charge in [-0.1, -0.05) is 35.4 Å². The molecule has 0 heterocycles. The second kappa shape index (κ2) is 5.34. The second-order valence-electron chi connectivity index (χ2n) is 3.73. The molecule has 3 nitrogen and oxygen atoms in total. The monoisotopic (exact) mass is 304 g/mol. The van der Waals surface area contributed by atoms with Gasteiger partial charge in [0.1, 0.15) is 11.0 Å². The van der Waals surface area contributed by atoms with E-state index in [4.69, 9.17) is 27.4 Å². The number of hydrogen-bond acceptors (Lipinski definition) is 3. The first-order valence-electron chi connectivity index (χ1n) is 5.20. The van der Waals surface area contributed by atoms with Crippen molar-refractivity contribution in [2.75, 3.05) is 0 Å². The largest absolute Gasteiger partial charge is 0.382 e. The Bertz CT molecular complexity index is 588. The molecule has 2 rings (SSSR count). The summed E-state index contributed by atoms with van der Waals surface area (Å²) in [6, 6.07) is 6.11. The van der Waals surface area contributed by atoms with E-state index in [1.165, 1.54) is 12.1 Å². The summed E-state index contributed by atoms with van der Waals surface area (Å²) >= 11 is 11.6. The van der Waals surface area contributed by atoms with Crippen molar-refractivity contribution in [3.05, 3.63) is 52.5 Å². The van der Waals surface area contributed by atoms with Crippen molar-refractivity contribution in [3.8, 4) is 5.75 Å². The Morgan fingerprint density at radius 3 is 2.44 bits per heavy atom. The van der Waals surface area contributed by atoms with Crippen LogP contribution < -0.4 is 4.18 Å². The Kier molecular flexibility index (Phi) is 4.00. The Labute approximate surface area is 116 Å². The number of hydrogen-bond donors (Lipinski definition) is 0. The molecule has 1 unspecified atom stereocenters. The van der Waals surface area contributed by atoms with Gasteiger partial charge in [0.15, 0.2) is 0 Å². The molecule has 0 saturated carbocycles. The summed E-state index contributed by atoms with van der Waals surface area (Å²) in [6.45, 7) is 0. The summed E-state index contributed by atoms with van der Waals surface area (Å²) < 4.78 is 29.1. The summed E-state index contributed by atoms with van der Waals surface area (Å²) in [4.78, 5) is 0. The molecule has 1 atom stereocenters. The van der Waals surface area contributed by atoms with Crippen molar-refractivity contribution in [1.29, 1.82) is 0 Å². The standard InChI is InChI=1S/C12H10Cl2O3S/c13-9-5-7-10(8-6-9)17-18(15,16)12-4-2-1-3-11(12)14/h1-3,5-8,12H,4H2. The van der Waals surface area contributed by atoms with Crippen LogP contribution in [-0.4, -0.2) is 13.7 Å². The smallest absolute Gasteiger partial charge is 0.317 e. The van der Waals surface area contributed by atoms with Crippen LogP contribution in [0, 0.1) is 0 Å². The molecule has 18 heavy (non-hydrogen) atoms. The van der Waals surface area contributed by atoms with Gasteiger partial charge in [-0.3, -0.25) is 0 Å². The maximum absolute atomic E-state index is 12.0. The highest BCUT2D eigenvalue weighted by Crippen LogP contribution is 2.27. The minimum absolute atomic E-state index is 0.221. The van der Waals surface area contributed by atoms with Crippen LogP contribution in [0.5, 0.6) is 5.75 Å². The van der Waals surface area contributed by atoms with Crippen molar-refractivity contribution in [2.45, 2.75) is 11.7 Å². The van der Waals surface area contributed by atoms with Crippen LogP contribution in [0.25, 0.3) is 0 Å². The maximum Gasteiger partial charge on any atom is 0.317 e. The zero-order valence-corrected chi connectivity index (χ0v) is 11.5. The molecular formula is C12H10Cl2O3S. The Morgan fingerprint density at radius 1 is 1.17 bits per heavy atom. The summed E-state index contributed by atoms with van der Waals surface area (Å²) in [6.07, 6.45) is 5.32. The molecule has 6 heteroatoms. The third-order valence-corrected chi connectivity index (χ3v) is 4.76. The van der Waals surface area contributed by atoms with Crippen molar-refractivity contribution in [3.63, 3.8) is 0 Å². The fourth-order valence-corrected chi connectivity index (χ4v) is 3.33. The second-order valence-corrected chi connectivity index (χ2v) is 6.33. The maximum atomic E-state index is 12.0. The van der Waals surface area contributed by atoms with Crippen LogP contribution in [0.3, 0.4) is 0 Å². The van der Waals surface area contributed by atoms with Crippen LogP contribution in [-0.2, 0) is 10.1 Å². The fourth-order valence-electron chi connectivity index (χ4n) is 1.52. The van der Waals surface area contributed by atoms with Gasteiger partial charge in [-0.2, -0.15) is 8.42 Å². The van der Waals surface area contributed by atoms with Crippen LogP contribution in [0.4, 0.5) is 0 Å². The molecule has 96 valence electrons. The Morgan fingerprint density at radius 2 is 1.83 bits per heavy atom. The van der Waals surface area contributed by atoms with Crippen LogP contribution >= 0.6 is 23.2 Å². The van der Waals surface area contributed by atoms with Gasteiger partial charge in [0.05, 0.1) is 0 Å². The molecule has 1 aliphatic carbocycles. The molecule has 0 fully saturated rings. The molecule has 0 spiro atoms. The quantitative estimate of drug-likeness (QED) is 0.803. The molecule has 1 aromatic rings. The molecule has 0 amide bonds. The van der Waals surface area contributed by atoms with Gasteiger partial charge in [-0.15, -0.1) is 0 Å². The lowest BCUT2D eigenvalue weighted by molar-refractivity contribution is 0.477. The molecule has 0 bridgehead atoms. The average molecular weight is 305 g/mol. The minimum Gasteiger partial charge on any atom is -0.382 e. The Balaban J connectivity index is 2.20. The molecule has 1 aromatic carbocycles. The average Bonchev–Trinajstić information content (AvgIpc) is 2.32. The highest BCUT2D eigenvalue weighted by atomic mass is 35.5. The van der Waals surface area contributed by atoms with E-state index in [0.29, 0.717) is 11.4 Å². The van der Waals surface area contributed by atoms with Gasteiger partial charge < -0.3 is 4.18 Å². The van der Waals surface area contributed by atoms with Crippen LogP contribution in [0.15, 0.2) is 47.5 Å². The highest BCUT2D eigenvalue weighted by molar-refractivity contribution is 7.88. The molecule has 0 aliphatic heterocycles. The number of benzene rings is 1. The van der Waals surface area contributed by atoms with E-state index in [0.717, 1.165) is 0 Å². The van der Waals surface area contributed by atoms with Gasteiger partial charge in [0.25, 0.3) is 0 Å². The molecule has 0 radical (unpaired) electrons. The first-order chi connectivity index (χ1) is 8.49. The lowest BCUT2D eigenvalue weighted by Crippen LogP contribution is -2.27. The van der Waals surface area contributed by atoms with Crippen molar-refractivity contribution >= 4 is 33.3 Å². The van der Waals surface area contributed by atoms with E-state index in [1.807, 2.05) is 0 Å². The fraction of sp³-hybridized carbons (Fsp3) is 0.167. The van der Waals surface area contributed by atoms with Gasteiger partial charge in [-0.25, -0.2) is 0 Å². The first kappa shape index (κ1) is 13.5. The van der Waals surface area contributed by atoms with Gasteiger partial charge >= 0.3 is 10.1 Å². The van der Waals surface area contributed by atoms with E-state index < -0.39 is 15.4 Å². The predicted molar refractivity (Wildman–Crippen MR) is 72.5 cm³/mol. The zero-order valence-electron chi connectivity index (χ0n) is 9.21. The molecule has 1 aliphatic rings. The number of halogens is 2. The highest BCUT2D eigenvalue weighted by Gasteiger charge is 2.30. The summed E-state index contributed by atoms with van der Waals surface area (Å²) in [5.74, 6) is 0.221. The molecule has 0 saturated heterocycles. The van der Waals surface area contributed by atoms with Crippen LogP contribution in [0.2, 0.25) is 5.02 Å². The Hall–Kier alpha value is -0.970. The summed E-state index contributed by atoms with van der Waals surface area (Å²) in [7, 11) is -3.79. The predicted octanol–water partition coefficient (Wildman–Crippen LogP) is 3.50. The van der Waals surface area contributed by atoms with Crippen molar-refractivity contribution < 1.29 is 12.6 Å². The minimum atomic E-state index is -3.79. The normalized spacial score (nSPS) is 19.4. The van der Waals surface area contributed by atoms with Gasteiger partial charge in [0.2, 0.25) is 0 Å². The van der Waals surface area contributed by atoms with E-state index in [9.17, 15) is 8.42 Å². The molecule has 0 N–H and O–H groups in total. The van der Waals surface area contributed by atoms with Crippen LogP contribution in [0.1, 0.15) is 6.42 Å². The number of rotatable bonds is 3.